The van der Waals surface area contributed by atoms with Gasteiger partial charge in [0.05, 0.1) is 0 Å². The molecule has 1 heterocycles. The molecular formula is C16H23N3O2. The molecule has 0 saturated heterocycles. The second-order valence-electron chi connectivity index (χ2n) is 6.43. The number of benzene rings is 1. The van der Waals surface area contributed by atoms with E-state index in [2.05, 4.69) is 61.7 Å². The Morgan fingerprint density at radius 2 is 1.81 bits per heavy atom. The van der Waals surface area contributed by atoms with E-state index < -0.39 is 0 Å². The average molecular weight is 289 g/mol. The van der Waals surface area contributed by atoms with Crippen molar-refractivity contribution in [2.45, 2.75) is 53.1 Å². The Kier molecular flexibility index (Phi) is 4.44. The van der Waals surface area contributed by atoms with Crippen LogP contribution in [0, 0.1) is 13.8 Å². The summed E-state index contributed by atoms with van der Waals surface area (Å²) in [7, 11) is 0. The fraction of sp³-hybridized carbons (Fsp3) is 0.500. The van der Waals surface area contributed by atoms with Gasteiger partial charge in [-0.3, -0.25) is 4.84 Å². The Bertz CT molecular complexity index is 604. The number of aryl methyl sites for hydroxylation is 2. The average Bonchev–Trinajstić information content (AvgIpc) is 2.80. The van der Waals surface area contributed by atoms with Gasteiger partial charge in [0, 0.05) is 6.42 Å². The Morgan fingerprint density at radius 1 is 1.19 bits per heavy atom. The van der Waals surface area contributed by atoms with Crippen molar-refractivity contribution in [1.82, 2.24) is 10.1 Å². The first-order valence-electron chi connectivity index (χ1n) is 7.05. The highest BCUT2D eigenvalue weighted by atomic mass is 16.6. The number of aromatic nitrogens is 2. The lowest BCUT2D eigenvalue weighted by Gasteiger charge is -2.22. The summed E-state index contributed by atoms with van der Waals surface area (Å²) < 4.78 is 5.07. The highest BCUT2D eigenvalue weighted by molar-refractivity contribution is 5.41. The van der Waals surface area contributed by atoms with Crippen LogP contribution in [-0.2, 0) is 23.3 Å². The van der Waals surface area contributed by atoms with E-state index in [1.54, 1.807) is 0 Å². The lowest BCUT2D eigenvalue weighted by molar-refractivity contribution is 0.0995. The predicted octanol–water partition coefficient (Wildman–Crippen LogP) is 2.97. The zero-order valence-electron chi connectivity index (χ0n) is 13.4. The first kappa shape index (κ1) is 15.7. The predicted molar refractivity (Wildman–Crippen MR) is 80.7 cm³/mol. The van der Waals surface area contributed by atoms with Gasteiger partial charge in [-0.25, -0.2) is 5.90 Å². The van der Waals surface area contributed by atoms with Crippen molar-refractivity contribution in [3.05, 3.63) is 46.1 Å². The molecule has 0 saturated carbocycles. The van der Waals surface area contributed by atoms with Gasteiger partial charge in [-0.2, -0.15) is 4.98 Å². The van der Waals surface area contributed by atoms with Crippen molar-refractivity contribution in [3.63, 3.8) is 0 Å². The summed E-state index contributed by atoms with van der Waals surface area (Å²) in [6.07, 6.45) is 0.649. The minimum absolute atomic E-state index is 0.133. The van der Waals surface area contributed by atoms with Crippen molar-refractivity contribution in [3.8, 4) is 0 Å². The Labute approximate surface area is 125 Å². The Morgan fingerprint density at radius 3 is 2.33 bits per heavy atom. The van der Waals surface area contributed by atoms with Crippen LogP contribution in [0.15, 0.2) is 16.7 Å². The van der Waals surface area contributed by atoms with Crippen LogP contribution in [-0.4, -0.2) is 10.1 Å². The van der Waals surface area contributed by atoms with Crippen molar-refractivity contribution in [2.24, 2.45) is 5.90 Å². The highest BCUT2D eigenvalue weighted by Crippen LogP contribution is 2.27. The van der Waals surface area contributed by atoms with Gasteiger partial charge in [-0.05, 0) is 41.5 Å². The molecule has 2 aromatic rings. The molecule has 5 nitrogen and oxygen atoms in total. The molecule has 0 amide bonds. The van der Waals surface area contributed by atoms with E-state index in [-0.39, 0.29) is 12.0 Å². The molecule has 1 aromatic carbocycles. The van der Waals surface area contributed by atoms with Crippen molar-refractivity contribution in [2.75, 3.05) is 0 Å². The van der Waals surface area contributed by atoms with E-state index in [0.717, 1.165) is 0 Å². The van der Waals surface area contributed by atoms with Gasteiger partial charge in [-0.15, -0.1) is 0 Å². The second kappa shape index (κ2) is 5.95. The second-order valence-corrected chi connectivity index (χ2v) is 6.43. The van der Waals surface area contributed by atoms with E-state index >= 15 is 0 Å². The lowest BCUT2D eigenvalue weighted by atomic mass is 9.83. The third-order valence-electron chi connectivity index (χ3n) is 3.61. The number of hydrogen-bond donors (Lipinski definition) is 1. The summed E-state index contributed by atoms with van der Waals surface area (Å²) in [5, 5.41) is 3.96. The minimum atomic E-state index is 0.133. The van der Waals surface area contributed by atoms with Crippen LogP contribution in [0.2, 0.25) is 0 Å². The van der Waals surface area contributed by atoms with Crippen molar-refractivity contribution in [1.29, 1.82) is 0 Å². The van der Waals surface area contributed by atoms with Crippen molar-refractivity contribution >= 4 is 0 Å². The molecule has 0 atom stereocenters. The SMILES string of the molecule is Cc1cc(C(C)(C)C)cc(C)c1Cc1noc(CON)n1. The van der Waals surface area contributed by atoms with Gasteiger partial charge in [0.15, 0.2) is 5.82 Å². The molecule has 2 N–H and O–H groups in total. The van der Waals surface area contributed by atoms with Gasteiger partial charge in [0.2, 0.25) is 0 Å². The molecule has 0 fully saturated rings. The zero-order valence-corrected chi connectivity index (χ0v) is 13.4. The maximum Gasteiger partial charge on any atom is 0.254 e. The minimum Gasteiger partial charge on any atom is -0.337 e. The maximum absolute atomic E-state index is 5.07. The van der Waals surface area contributed by atoms with Gasteiger partial charge < -0.3 is 4.52 Å². The van der Waals surface area contributed by atoms with E-state index in [0.29, 0.717) is 18.1 Å². The van der Waals surface area contributed by atoms with E-state index in [1.807, 2.05) is 0 Å². The fourth-order valence-electron chi connectivity index (χ4n) is 2.36. The Hall–Kier alpha value is -1.72. The van der Waals surface area contributed by atoms with E-state index in [1.165, 1.54) is 22.3 Å². The van der Waals surface area contributed by atoms with Gasteiger partial charge in [0.25, 0.3) is 5.89 Å². The molecule has 5 heteroatoms. The summed E-state index contributed by atoms with van der Waals surface area (Å²) in [5.74, 6) is 6.05. The smallest absolute Gasteiger partial charge is 0.254 e. The molecule has 0 aliphatic heterocycles. The largest absolute Gasteiger partial charge is 0.337 e. The van der Waals surface area contributed by atoms with Gasteiger partial charge >= 0.3 is 0 Å². The topological polar surface area (TPSA) is 74.2 Å². The van der Waals surface area contributed by atoms with Crippen LogP contribution in [0.5, 0.6) is 0 Å². The third kappa shape index (κ3) is 3.68. The number of nitrogens with zero attached hydrogens (tertiary/aromatic N) is 2. The molecule has 114 valence electrons. The highest BCUT2D eigenvalue weighted by Gasteiger charge is 2.17. The molecule has 0 spiro atoms. The number of rotatable bonds is 4. The van der Waals surface area contributed by atoms with Crippen molar-refractivity contribution < 1.29 is 9.36 Å². The van der Waals surface area contributed by atoms with Gasteiger partial charge in [-0.1, -0.05) is 38.1 Å². The first-order valence-corrected chi connectivity index (χ1v) is 7.05. The van der Waals surface area contributed by atoms with Crippen LogP contribution in [0.25, 0.3) is 0 Å². The zero-order chi connectivity index (χ0) is 15.6. The van der Waals surface area contributed by atoms with E-state index in [9.17, 15) is 0 Å². The van der Waals surface area contributed by atoms with Crippen LogP contribution in [0.4, 0.5) is 0 Å². The molecule has 0 aliphatic carbocycles. The quantitative estimate of drug-likeness (QED) is 0.876. The molecule has 0 unspecified atom stereocenters. The van der Waals surface area contributed by atoms with Crippen LogP contribution < -0.4 is 5.90 Å². The van der Waals surface area contributed by atoms with E-state index in [4.69, 9.17) is 10.4 Å². The molecule has 0 aliphatic rings. The molecular weight excluding hydrogens is 266 g/mol. The summed E-state index contributed by atoms with van der Waals surface area (Å²) in [6.45, 7) is 11.1. The summed E-state index contributed by atoms with van der Waals surface area (Å²) >= 11 is 0. The molecule has 1 aromatic heterocycles. The molecule has 2 rings (SSSR count). The monoisotopic (exact) mass is 289 g/mol. The fourth-order valence-corrected chi connectivity index (χ4v) is 2.36. The number of hydrogen-bond acceptors (Lipinski definition) is 5. The summed E-state index contributed by atoms with van der Waals surface area (Å²) in [6, 6.07) is 4.48. The van der Waals surface area contributed by atoms with Crippen LogP contribution in [0.3, 0.4) is 0 Å². The third-order valence-corrected chi connectivity index (χ3v) is 3.61. The Balaban J connectivity index is 2.27. The van der Waals surface area contributed by atoms with Crippen LogP contribution in [0.1, 0.15) is 54.7 Å². The molecule has 0 radical (unpaired) electrons. The summed E-state index contributed by atoms with van der Waals surface area (Å²) in [4.78, 5) is 8.76. The number of nitrogens with two attached hydrogens (primary N) is 1. The normalized spacial score (nSPS) is 11.9. The van der Waals surface area contributed by atoms with Crippen LogP contribution >= 0.6 is 0 Å². The molecule has 21 heavy (non-hydrogen) atoms. The first-order chi connectivity index (χ1) is 9.81. The maximum atomic E-state index is 5.07. The van der Waals surface area contributed by atoms with Gasteiger partial charge in [0.1, 0.15) is 6.61 Å². The molecule has 0 bridgehead atoms. The lowest BCUT2D eigenvalue weighted by Crippen LogP contribution is -2.12. The standard InChI is InChI=1S/C16H23N3O2/c1-10-6-12(16(3,4)5)7-11(2)13(10)8-14-18-15(9-20-17)21-19-14/h6-7H,8-9,17H2,1-5H3. The summed E-state index contributed by atoms with van der Waals surface area (Å²) in [5.41, 5.74) is 5.23.